The summed E-state index contributed by atoms with van der Waals surface area (Å²) in [5.74, 6) is 0. The maximum atomic E-state index is 6.10. The summed E-state index contributed by atoms with van der Waals surface area (Å²) in [4.78, 5) is 0. The molecule has 4 heterocycles. The van der Waals surface area contributed by atoms with Gasteiger partial charge in [0.15, 0.2) is 0 Å². The predicted octanol–water partition coefficient (Wildman–Crippen LogP) is 2.49. The van der Waals surface area contributed by atoms with Gasteiger partial charge < -0.3 is 21.3 Å². The van der Waals surface area contributed by atoms with Crippen LogP contribution in [0.3, 0.4) is 0 Å². The molecular formula is C28H37N12+. The van der Waals surface area contributed by atoms with E-state index in [1.54, 1.807) is 0 Å². The Labute approximate surface area is 232 Å². The molecule has 40 heavy (non-hydrogen) atoms. The van der Waals surface area contributed by atoms with E-state index in [1.807, 2.05) is 56.1 Å². The molecule has 2 aromatic carbocycles. The van der Waals surface area contributed by atoms with Gasteiger partial charge in [0.25, 0.3) is 0 Å². The van der Waals surface area contributed by atoms with Crippen LogP contribution in [0.4, 0.5) is 0 Å². The summed E-state index contributed by atoms with van der Waals surface area (Å²) in [6, 6.07) is 12.3. The SMILES string of the molecule is CNCCN.C[N+](CCN)(Cc1c[nH]nc1-c1cccc2[nH]ncc12)Cc1cn[nH]c1-c1cccc2[nH]ncc12. The fourth-order valence-electron chi connectivity index (χ4n) is 5.19. The third kappa shape index (κ3) is 5.65. The van der Waals surface area contributed by atoms with Gasteiger partial charge in [0, 0.05) is 47.7 Å². The monoisotopic (exact) mass is 541 g/mol. The number of nitrogens with two attached hydrogens (primary N) is 2. The summed E-state index contributed by atoms with van der Waals surface area (Å²) in [7, 11) is 4.12. The van der Waals surface area contributed by atoms with E-state index in [-0.39, 0.29) is 0 Å². The largest absolute Gasteiger partial charge is 0.329 e. The normalized spacial score (nSPS) is 11.7. The first-order valence-electron chi connectivity index (χ1n) is 13.3. The summed E-state index contributed by atoms with van der Waals surface area (Å²) >= 11 is 0. The van der Waals surface area contributed by atoms with Crippen LogP contribution in [0.1, 0.15) is 11.1 Å². The highest BCUT2D eigenvalue weighted by Gasteiger charge is 2.28. The molecule has 0 aliphatic heterocycles. The lowest BCUT2D eigenvalue weighted by atomic mass is 10.0. The molecule has 0 bridgehead atoms. The second kappa shape index (κ2) is 12.2. The molecule has 0 amide bonds. The van der Waals surface area contributed by atoms with E-state index in [2.05, 4.69) is 65.3 Å². The van der Waals surface area contributed by atoms with Gasteiger partial charge in [-0.1, -0.05) is 24.3 Å². The molecule has 0 spiro atoms. The van der Waals surface area contributed by atoms with Crippen LogP contribution in [-0.2, 0) is 13.1 Å². The number of aromatic amines is 4. The fraction of sp³-hybridized carbons (Fsp3) is 0.286. The summed E-state index contributed by atoms with van der Waals surface area (Å²) in [6.07, 6.45) is 7.62. The Kier molecular flexibility index (Phi) is 8.31. The highest BCUT2D eigenvalue weighted by Crippen LogP contribution is 2.33. The van der Waals surface area contributed by atoms with E-state index in [1.165, 1.54) is 0 Å². The molecule has 6 aromatic rings. The summed E-state index contributed by atoms with van der Waals surface area (Å²) in [5, 5.41) is 34.8. The molecule has 0 fully saturated rings. The number of likely N-dealkylation sites (N-methyl/N-ethyl adjacent to an activating group) is 2. The molecule has 0 saturated carbocycles. The maximum absolute atomic E-state index is 6.10. The van der Waals surface area contributed by atoms with E-state index in [9.17, 15) is 0 Å². The predicted molar refractivity (Wildman–Crippen MR) is 158 cm³/mol. The first kappa shape index (κ1) is 27.2. The first-order valence-corrected chi connectivity index (χ1v) is 13.3. The molecule has 9 N–H and O–H groups in total. The highest BCUT2D eigenvalue weighted by atomic mass is 15.3. The van der Waals surface area contributed by atoms with Gasteiger partial charge >= 0.3 is 0 Å². The minimum atomic E-state index is 0.575. The van der Waals surface area contributed by atoms with Crippen molar-refractivity contribution in [2.45, 2.75) is 13.1 Å². The van der Waals surface area contributed by atoms with Crippen LogP contribution in [-0.4, -0.2) is 85.5 Å². The Morgan fingerprint density at radius 1 is 0.800 bits per heavy atom. The van der Waals surface area contributed by atoms with E-state index in [4.69, 9.17) is 11.5 Å². The van der Waals surface area contributed by atoms with Crippen LogP contribution < -0.4 is 16.8 Å². The molecule has 1 unspecified atom stereocenters. The minimum absolute atomic E-state index is 0.575. The van der Waals surface area contributed by atoms with Gasteiger partial charge in [-0.15, -0.1) is 0 Å². The molecule has 1 atom stereocenters. The van der Waals surface area contributed by atoms with Crippen molar-refractivity contribution >= 4 is 21.8 Å². The molecule has 4 aromatic heterocycles. The van der Waals surface area contributed by atoms with E-state index in [0.717, 1.165) is 88.2 Å². The zero-order valence-electron chi connectivity index (χ0n) is 22.9. The Morgan fingerprint density at radius 2 is 1.45 bits per heavy atom. The average Bonchev–Trinajstić information content (AvgIpc) is 3.76. The standard InChI is InChI=1S/C25H27N10.C3H10N2/c1-35(9-8-26,14-16-10-27-33-24(16)18-4-2-6-22-20(18)12-29-31-22)15-17-11-28-34-25(17)19-5-3-7-23-21(19)13-30-32-23;1-5-3-2-4/h2-7,10-13H,8-9,14-15,26H2,1H3,(H,27,33)(H,28,34)(H,29,31)(H,30,32);5H,2-4H2,1H3/q+1;. The Morgan fingerprint density at radius 3 is 2.10 bits per heavy atom. The number of hydrogen-bond donors (Lipinski definition) is 7. The zero-order valence-corrected chi connectivity index (χ0v) is 22.9. The van der Waals surface area contributed by atoms with Gasteiger partial charge in [-0.25, -0.2) is 0 Å². The number of hydrogen-bond acceptors (Lipinski definition) is 7. The van der Waals surface area contributed by atoms with Crippen molar-refractivity contribution in [2.75, 3.05) is 40.3 Å². The molecule has 12 heteroatoms. The molecule has 12 nitrogen and oxygen atoms in total. The van der Waals surface area contributed by atoms with Crippen LogP contribution in [0.2, 0.25) is 0 Å². The molecular weight excluding hydrogens is 504 g/mol. The molecule has 0 aliphatic rings. The zero-order chi connectivity index (χ0) is 28.0. The van der Waals surface area contributed by atoms with Gasteiger partial charge in [0.05, 0.1) is 60.0 Å². The van der Waals surface area contributed by atoms with Crippen LogP contribution in [0.5, 0.6) is 0 Å². The maximum Gasteiger partial charge on any atom is 0.108 e. The molecule has 0 aliphatic carbocycles. The van der Waals surface area contributed by atoms with E-state index in [0.29, 0.717) is 11.0 Å². The van der Waals surface area contributed by atoms with Crippen LogP contribution in [0.25, 0.3) is 44.3 Å². The third-order valence-electron chi connectivity index (χ3n) is 7.10. The summed E-state index contributed by atoms with van der Waals surface area (Å²) in [6.45, 7) is 4.55. The average molecular weight is 542 g/mol. The first-order chi connectivity index (χ1) is 19.6. The van der Waals surface area contributed by atoms with Crippen molar-refractivity contribution in [3.8, 4) is 22.5 Å². The number of rotatable bonds is 10. The number of aromatic nitrogens is 8. The number of benzene rings is 2. The second-order valence-corrected chi connectivity index (χ2v) is 10.1. The number of fused-ring (bicyclic) bond motifs is 2. The van der Waals surface area contributed by atoms with Gasteiger partial charge in [0.2, 0.25) is 0 Å². The third-order valence-corrected chi connectivity index (χ3v) is 7.10. The lowest BCUT2D eigenvalue weighted by Gasteiger charge is -2.34. The topological polar surface area (TPSA) is 179 Å². The lowest BCUT2D eigenvalue weighted by molar-refractivity contribution is -0.934. The minimum Gasteiger partial charge on any atom is -0.329 e. The van der Waals surface area contributed by atoms with Crippen molar-refractivity contribution in [2.24, 2.45) is 11.5 Å². The van der Waals surface area contributed by atoms with Crippen LogP contribution in [0, 0.1) is 0 Å². The summed E-state index contributed by atoms with van der Waals surface area (Å²) in [5.41, 5.74) is 19.5. The number of H-pyrrole nitrogens is 4. The lowest BCUT2D eigenvalue weighted by Crippen LogP contribution is -2.45. The van der Waals surface area contributed by atoms with Crippen molar-refractivity contribution in [3.05, 3.63) is 72.3 Å². The molecule has 6 rings (SSSR count). The van der Waals surface area contributed by atoms with Crippen LogP contribution >= 0.6 is 0 Å². The molecule has 208 valence electrons. The number of nitrogens with one attached hydrogen (secondary N) is 5. The van der Waals surface area contributed by atoms with Crippen LogP contribution in [0.15, 0.2) is 61.2 Å². The van der Waals surface area contributed by atoms with Crippen molar-refractivity contribution in [1.82, 2.24) is 46.1 Å². The Hall–Kier alpha value is -4.36. The fourth-order valence-corrected chi connectivity index (χ4v) is 5.19. The van der Waals surface area contributed by atoms with Crippen molar-refractivity contribution in [3.63, 3.8) is 0 Å². The highest BCUT2D eigenvalue weighted by molar-refractivity contribution is 5.94. The number of nitrogens with zero attached hydrogens (tertiary/aromatic N) is 5. The van der Waals surface area contributed by atoms with Crippen molar-refractivity contribution in [1.29, 1.82) is 0 Å². The molecule has 0 saturated heterocycles. The number of quaternary nitrogens is 1. The van der Waals surface area contributed by atoms with Gasteiger partial charge in [-0.3, -0.25) is 20.4 Å². The second-order valence-electron chi connectivity index (χ2n) is 10.1. The van der Waals surface area contributed by atoms with E-state index < -0.39 is 0 Å². The van der Waals surface area contributed by atoms with Crippen molar-refractivity contribution < 1.29 is 4.48 Å². The Bertz CT molecular complexity index is 1540. The van der Waals surface area contributed by atoms with Gasteiger partial charge in [-0.2, -0.15) is 20.4 Å². The van der Waals surface area contributed by atoms with E-state index >= 15 is 0 Å². The quantitative estimate of drug-likeness (QED) is 0.130. The van der Waals surface area contributed by atoms with Gasteiger partial charge in [-0.05, 0) is 19.2 Å². The van der Waals surface area contributed by atoms with Gasteiger partial charge in [0.1, 0.15) is 18.8 Å². The molecule has 0 radical (unpaired) electrons. The smallest absolute Gasteiger partial charge is 0.108 e. The summed E-state index contributed by atoms with van der Waals surface area (Å²) < 4.78 is 0.707. The Balaban J connectivity index is 0.000000595.